The highest BCUT2D eigenvalue weighted by Crippen LogP contribution is 2.52. The molecule has 10 aliphatic rings. The predicted molar refractivity (Wildman–Crippen MR) is 481 cm³/mol. The Hall–Kier alpha value is -11.4. The van der Waals surface area contributed by atoms with Gasteiger partial charge in [-0.15, -0.1) is 0 Å². The van der Waals surface area contributed by atoms with Gasteiger partial charge in [0.1, 0.15) is 84.6 Å². The fraction of sp³-hybridized carbons (Fsp3) is 0.413. The minimum atomic E-state index is -0.770. The molecule has 8 aliphatic heterocycles. The lowest BCUT2D eigenvalue weighted by molar-refractivity contribution is -0.151. The van der Waals surface area contributed by atoms with Crippen LogP contribution in [-0.2, 0) is 45.6 Å². The number of methoxy groups -OCH3 is 3. The average Bonchev–Trinajstić information content (AvgIpc) is 1.54. The lowest BCUT2D eigenvalue weighted by Crippen LogP contribution is -2.44. The van der Waals surface area contributed by atoms with Gasteiger partial charge in [0.25, 0.3) is 0 Å². The molecular weight excluding hydrogens is 1600 g/mol. The molecule has 0 atom stereocenters. The molecule has 4 N–H and O–H groups in total. The van der Waals surface area contributed by atoms with Gasteiger partial charge >= 0.3 is 23.9 Å². The maximum atomic E-state index is 13.9. The molecule has 6 fully saturated rings. The third kappa shape index (κ3) is 19.4. The number of carbonyl (C=O) groups excluding carboxylic acids is 1. The van der Waals surface area contributed by atoms with Crippen molar-refractivity contribution in [3.8, 4) is 40.2 Å². The number of nitrogens with zero attached hydrogens (tertiary/aromatic N) is 4. The van der Waals surface area contributed by atoms with Crippen LogP contribution in [-0.4, -0.2) is 170 Å². The first-order valence-electron chi connectivity index (χ1n) is 44.3. The van der Waals surface area contributed by atoms with Gasteiger partial charge < -0.3 is 73.2 Å². The smallest absolute Gasteiger partial charge is 0.310 e. The molecule has 0 radical (unpaired) electrons. The number of piperidine rings is 4. The number of carbonyl (C=O) groups is 5. The predicted octanol–water partition coefficient (Wildman–Crippen LogP) is 19.4. The Kier molecular flexibility index (Phi) is 27.0. The first kappa shape index (κ1) is 89.4. The van der Waals surface area contributed by atoms with Crippen molar-refractivity contribution in [2.75, 3.05) is 99.9 Å². The molecule has 0 spiro atoms. The van der Waals surface area contributed by atoms with Gasteiger partial charge in [0, 0.05) is 129 Å². The van der Waals surface area contributed by atoms with E-state index in [0.717, 1.165) is 259 Å². The summed E-state index contributed by atoms with van der Waals surface area (Å²) >= 11 is 0. The summed E-state index contributed by atoms with van der Waals surface area (Å²) in [5, 5.41) is 38.4. The van der Waals surface area contributed by atoms with Crippen LogP contribution in [0.3, 0.4) is 0 Å². The van der Waals surface area contributed by atoms with Crippen LogP contribution in [0.5, 0.6) is 40.2 Å². The van der Waals surface area contributed by atoms with Crippen molar-refractivity contribution in [2.45, 2.75) is 158 Å². The van der Waals surface area contributed by atoms with E-state index in [-0.39, 0.29) is 11.6 Å². The number of hydrogen-bond donors (Lipinski definition) is 4. The van der Waals surface area contributed by atoms with Crippen molar-refractivity contribution in [1.82, 2.24) is 19.6 Å². The van der Waals surface area contributed by atoms with Crippen molar-refractivity contribution in [1.29, 1.82) is 0 Å². The number of aliphatic carboxylic acids is 4. The maximum absolute atomic E-state index is 13.9. The molecule has 662 valence electrons. The summed E-state index contributed by atoms with van der Waals surface area (Å²) in [5.74, 6) is 2.40. The van der Waals surface area contributed by atoms with Crippen LogP contribution < -0.4 is 33.2 Å². The Bertz CT molecular complexity index is 5460. The number of fused-ring (bicyclic) bond motifs is 8. The molecule has 8 aromatic carbocycles. The Labute approximate surface area is 737 Å². The largest absolute Gasteiger partial charge is 0.497 e. The van der Waals surface area contributed by atoms with Crippen LogP contribution in [0.25, 0.3) is 22.3 Å². The van der Waals surface area contributed by atoms with Gasteiger partial charge in [-0.2, -0.15) is 0 Å². The van der Waals surface area contributed by atoms with Crippen LogP contribution in [0.1, 0.15) is 206 Å². The average molecular weight is 1720 g/mol. The summed E-state index contributed by atoms with van der Waals surface area (Å²) in [6.45, 7) is 22.4. The number of aryl methyl sites for hydroxylation is 2. The Balaban J connectivity index is 0.000000130. The molecule has 8 aromatic rings. The number of hydrogen-bond acceptors (Lipinski definition) is 16. The van der Waals surface area contributed by atoms with Crippen molar-refractivity contribution >= 4 is 52.5 Å². The van der Waals surface area contributed by atoms with Crippen LogP contribution >= 0.6 is 0 Å². The molecule has 0 amide bonds. The van der Waals surface area contributed by atoms with E-state index in [0.29, 0.717) is 71.0 Å². The van der Waals surface area contributed by atoms with Gasteiger partial charge in [-0.25, -0.2) is 8.78 Å². The number of rotatable bonds is 18. The monoisotopic (exact) mass is 1710 g/mol. The van der Waals surface area contributed by atoms with Gasteiger partial charge in [0.15, 0.2) is 0 Å². The maximum Gasteiger partial charge on any atom is 0.310 e. The number of likely N-dealkylation sites (tertiary alicyclic amines) is 4. The van der Waals surface area contributed by atoms with Gasteiger partial charge in [-0.1, -0.05) is 83.7 Å². The summed E-state index contributed by atoms with van der Waals surface area (Å²) in [6.07, 6.45) is 12.3. The second kappa shape index (κ2) is 38.0. The van der Waals surface area contributed by atoms with E-state index in [1.54, 1.807) is 53.4 Å². The standard InChI is InChI=1S/C28H35NO5.C26H27NO5.C25H26FNO3.C25H28FNO3/c1-5-28(6-2,27(30)31)18-29-13-11-19(12-14-29)26-23-9-7-21(32-3)15-20(23)17-34-25-10-8-22(33-4)16-24(25)26;1-31-20-3-4-21-19(13-20)15-32-23-5-2-17(14-28)12-22(23)24(21)18-6-10-27(11-7-18)16-26(8-9-26)25(29)30;1-16-2-5-22-21(12-16)23(20-4-3-19(26)13-18(20)14-30-22)17-6-10-27(11-7-17)15-25(8-9-25)24(28)29;1-16-4-7-22-21(12-16)23(20-6-5-19(26)13-18(20)14-30-22)17-8-10-27(11-9-17)15-25(2,3)24(28)29/h7-10,15-16H,5-6,11-14,17-18H2,1-4H3,(H,30,31);2-5,12-14H,6-11,15-16H2,1H3,(H,29,30);2-5,12-13H,6-11,14-15H2,1H3,(H,28,29);4-7,12-13H,8-11,14-15H2,1-3H3,(H,28,29). The first-order chi connectivity index (χ1) is 60.7. The zero-order valence-electron chi connectivity index (χ0n) is 73.9. The molecule has 0 unspecified atom stereocenters. The van der Waals surface area contributed by atoms with E-state index >= 15 is 0 Å². The minimum Gasteiger partial charge on any atom is -0.497 e. The first-order valence-corrected chi connectivity index (χ1v) is 44.3. The fourth-order valence-corrected chi connectivity index (χ4v) is 19.4. The summed E-state index contributed by atoms with van der Waals surface area (Å²) in [6, 6.07) is 46.1. The number of benzene rings is 8. The molecule has 18 rings (SSSR count). The molecule has 8 heterocycles. The van der Waals surface area contributed by atoms with Crippen LogP contribution in [0.15, 0.2) is 168 Å². The number of aldehydes is 1. The molecule has 20 nitrogen and oxygen atoms in total. The third-order valence-corrected chi connectivity index (χ3v) is 27.5. The van der Waals surface area contributed by atoms with Gasteiger partial charge in [0.2, 0.25) is 0 Å². The number of carboxylic acid groups (broad SMARTS) is 4. The topological polar surface area (TPSA) is 244 Å². The van der Waals surface area contributed by atoms with E-state index in [1.165, 1.54) is 51.1 Å². The van der Waals surface area contributed by atoms with E-state index in [4.69, 9.17) is 33.2 Å². The molecule has 2 aliphatic carbocycles. The third-order valence-electron chi connectivity index (χ3n) is 27.5. The van der Waals surface area contributed by atoms with Crippen LogP contribution in [0.2, 0.25) is 0 Å². The van der Waals surface area contributed by atoms with E-state index < -0.39 is 45.5 Å². The van der Waals surface area contributed by atoms with Crippen LogP contribution in [0.4, 0.5) is 8.78 Å². The molecule has 22 heteroatoms. The lowest BCUT2D eigenvalue weighted by atomic mass is 9.81. The van der Waals surface area contributed by atoms with Gasteiger partial charge in [-0.05, 0) is 271 Å². The SMILES string of the molecule is CCC(CC)(CN1CCC(=C2c3ccc(OC)cc3COc3ccc(OC)cc32)CC1)C(=O)O.COc1ccc2c(c1)COc1ccc(C=O)cc1C2=C1CCN(CC2(C(=O)O)CC2)CC1.Cc1ccc2c(c1)C(=C1CCN(CC(C)(C)C(=O)O)CC1)c1ccc(F)cc1CO2.Cc1ccc2c(c1)C(=C1CCN(CC3(C(=O)O)CC3)CC1)c1ccc(F)cc1CO2. The number of halogens is 2. The van der Waals surface area contributed by atoms with Crippen LogP contribution in [0, 0.1) is 47.1 Å². The molecule has 0 bridgehead atoms. The van der Waals surface area contributed by atoms with Crippen molar-refractivity contribution in [3.05, 3.63) is 263 Å². The molecule has 4 saturated heterocycles. The zero-order valence-corrected chi connectivity index (χ0v) is 73.9. The second-order valence-corrected chi connectivity index (χ2v) is 36.2. The van der Waals surface area contributed by atoms with E-state index in [1.807, 2.05) is 92.7 Å². The number of carboxylic acids is 4. The normalized spacial score (nSPS) is 18.1. The second-order valence-electron chi connectivity index (χ2n) is 36.2. The summed E-state index contributed by atoms with van der Waals surface area (Å²) in [7, 11) is 5.01. The van der Waals surface area contributed by atoms with E-state index in [9.17, 15) is 53.2 Å². The Morgan fingerprint density at radius 3 is 1.06 bits per heavy atom. The fourth-order valence-electron chi connectivity index (χ4n) is 19.4. The Morgan fingerprint density at radius 2 is 0.714 bits per heavy atom. The zero-order chi connectivity index (χ0) is 88.9. The molecular formula is C104H116F2N4O16. The number of ether oxygens (including phenoxy) is 7. The van der Waals surface area contributed by atoms with Crippen molar-refractivity contribution in [2.24, 2.45) is 21.7 Å². The van der Waals surface area contributed by atoms with Crippen molar-refractivity contribution in [3.63, 3.8) is 0 Å². The molecule has 126 heavy (non-hydrogen) atoms. The molecule has 2 saturated carbocycles. The summed E-state index contributed by atoms with van der Waals surface area (Å²) in [5.41, 5.74) is 22.9. The highest BCUT2D eigenvalue weighted by molar-refractivity contribution is 5.92. The Morgan fingerprint density at radius 1 is 0.397 bits per heavy atom. The molecule has 0 aromatic heterocycles. The summed E-state index contributed by atoms with van der Waals surface area (Å²) in [4.78, 5) is 67.3. The van der Waals surface area contributed by atoms with Crippen molar-refractivity contribution < 1.29 is 86.3 Å². The summed E-state index contributed by atoms with van der Waals surface area (Å²) < 4.78 is 68.8. The van der Waals surface area contributed by atoms with Gasteiger partial charge in [-0.3, -0.25) is 24.0 Å². The minimum absolute atomic E-state index is 0.248. The highest BCUT2D eigenvalue weighted by atomic mass is 19.1. The quantitative estimate of drug-likeness (QED) is 0.0583. The van der Waals surface area contributed by atoms with E-state index in [2.05, 4.69) is 69.8 Å². The highest BCUT2D eigenvalue weighted by Gasteiger charge is 2.53. The van der Waals surface area contributed by atoms with Gasteiger partial charge in [0.05, 0.1) is 43.0 Å². The lowest BCUT2D eigenvalue weighted by Gasteiger charge is -2.37.